The van der Waals surface area contributed by atoms with Gasteiger partial charge in [0.15, 0.2) is 0 Å². The van der Waals surface area contributed by atoms with E-state index in [4.69, 9.17) is 5.11 Å². The fourth-order valence-corrected chi connectivity index (χ4v) is 2.04. The first-order valence-electron chi connectivity index (χ1n) is 5.93. The minimum absolute atomic E-state index is 0.0866. The second-order valence-electron chi connectivity index (χ2n) is 4.73. The van der Waals surface area contributed by atoms with E-state index < -0.39 is 11.5 Å². The summed E-state index contributed by atoms with van der Waals surface area (Å²) in [7, 11) is 0. The zero-order valence-corrected chi connectivity index (χ0v) is 11.0. The molecule has 1 rings (SSSR count). The molecule has 1 aromatic carbocycles. The first-order valence-corrected chi connectivity index (χ1v) is 5.93. The van der Waals surface area contributed by atoms with Crippen molar-refractivity contribution in [2.45, 2.75) is 39.7 Å². The summed E-state index contributed by atoms with van der Waals surface area (Å²) in [4.78, 5) is 11.0. The Balaban J connectivity index is 3.12. The van der Waals surface area contributed by atoms with E-state index in [9.17, 15) is 4.79 Å². The number of nitrogens with one attached hydrogen (secondary N) is 1. The lowest BCUT2D eigenvalue weighted by atomic mass is 9.87. The van der Waals surface area contributed by atoms with Gasteiger partial charge in [-0.05, 0) is 44.0 Å². The average Bonchev–Trinajstić information content (AvgIpc) is 2.21. The molecule has 0 aliphatic carbocycles. The van der Waals surface area contributed by atoms with Crippen molar-refractivity contribution >= 4 is 5.97 Å². The molecule has 0 saturated heterocycles. The lowest BCUT2D eigenvalue weighted by molar-refractivity contribution is -0.138. The third-order valence-electron chi connectivity index (χ3n) is 3.22. The van der Waals surface area contributed by atoms with Crippen molar-refractivity contribution in [3.8, 4) is 0 Å². The summed E-state index contributed by atoms with van der Waals surface area (Å²) < 4.78 is 0. The minimum Gasteiger partial charge on any atom is -0.481 e. The Morgan fingerprint density at radius 3 is 2.47 bits per heavy atom. The maximum absolute atomic E-state index is 11.0. The summed E-state index contributed by atoms with van der Waals surface area (Å²) in [6, 6.07) is 6.12. The molecule has 1 atom stereocenters. The molecule has 1 aromatic rings. The lowest BCUT2D eigenvalue weighted by Gasteiger charge is -2.30. The standard InChI is InChI=1S/C14H21NO2/c1-5-15-14(4,9-13(16)17)12-7-6-10(2)11(3)8-12/h6-8,15H,5,9H2,1-4H3,(H,16,17). The second kappa shape index (κ2) is 5.32. The van der Waals surface area contributed by atoms with E-state index >= 15 is 0 Å². The van der Waals surface area contributed by atoms with Crippen molar-refractivity contribution in [2.24, 2.45) is 0 Å². The van der Waals surface area contributed by atoms with Crippen molar-refractivity contribution in [3.63, 3.8) is 0 Å². The number of carbonyl (C=O) groups is 1. The number of hydrogen-bond acceptors (Lipinski definition) is 2. The molecule has 0 aromatic heterocycles. The number of rotatable bonds is 5. The van der Waals surface area contributed by atoms with Gasteiger partial charge in [-0.25, -0.2) is 0 Å². The number of aliphatic carboxylic acids is 1. The molecule has 0 aliphatic heterocycles. The molecule has 0 bridgehead atoms. The van der Waals surface area contributed by atoms with Crippen LogP contribution in [0.25, 0.3) is 0 Å². The van der Waals surface area contributed by atoms with E-state index in [0.29, 0.717) is 0 Å². The molecule has 3 heteroatoms. The maximum atomic E-state index is 11.0. The summed E-state index contributed by atoms with van der Waals surface area (Å²) in [6.07, 6.45) is 0.0866. The van der Waals surface area contributed by atoms with Gasteiger partial charge in [0.05, 0.1) is 12.0 Å². The van der Waals surface area contributed by atoms with Crippen LogP contribution in [0.5, 0.6) is 0 Å². The molecule has 0 radical (unpaired) electrons. The molecule has 0 heterocycles. The zero-order valence-electron chi connectivity index (χ0n) is 11.0. The fraction of sp³-hybridized carbons (Fsp3) is 0.500. The predicted molar refractivity (Wildman–Crippen MR) is 69.2 cm³/mol. The summed E-state index contributed by atoms with van der Waals surface area (Å²) in [5, 5.41) is 12.3. The van der Waals surface area contributed by atoms with Crippen molar-refractivity contribution in [1.82, 2.24) is 5.32 Å². The number of aryl methyl sites for hydroxylation is 2. The van der Waals surface area contributed by atoms with Crippen LogP contribution < -0.4 is 5.32 Å². The van der Waals surface area contributed by atoms with Gasteiger partial charge in [-0.2, -0.15) is 0 Å². The Morgan fingerprint density at radius 2 is 2.00 bits per heavy atom. The number of carboxylic acids is 1. The smallest absolute Gasteiger partial charge is 0.305 e. The van der Waals surface area contributed by atoms with Crippen LogP contribution in [-0.4, -0.2) is 17.6 Å². The molecule has 0 spiro atoms. The third-order valence-corrected chi connectivity index (χ3v) is 3.22. The molecule has 0 saturated carbocycles. The molecule has 3 nitrogen and oxygen atoms in total. The summed E-state index contributed by atoms with van der Waals surface area (Å²) in [6.45, 7) is 8.78. The summed E-state index contributed by atoms with van der Waals surface area (Å²) in [5.74, 6) is -0.785. The summed E-state index contributed by atoms with van der Waals surface area (Å²) in [5.41, 5.74) is 2.95. The van der Waals surface area contributed by atoms with E-state index in [1.807, 2.05) is 32.9 Å². The monoisotopic (exact) mass is 235 g/mol. The van der Waals surface area contributed by atoms with E-state index in [0.717, 1.165) is 12.1 Å². The molecular weight excluding hydrogens is 214 g/mol. The van der Waals surface area contributed by atoms with Gasteiger partial charge < -0.3 is 10.4 Å². The normalized spacial score (nSPS) is 14.4. The fourth-order valence-electron chi connectivity index (χ4n) is 2.04. The van der Waals surface area contributed by atoms with Gasteiger partial charge in [0.25, 0.3) is 0 Å². The number of carboxylic acid groups (broad SMARTS) is 1. The Hall–Kier alpha value is -1.35. The SMILES string of the molecule is CCNC(C)(CC(=O)O)c1ccc(C)c(C)c1. The molecular formula is C14H21NO2. The van der Waals surface area contributed by atoms with E-state index in [1.165, 1.54) is 11.1 Å². The van der Waals surface area contributed by atoms with Gasteiger partial charge in [0, 0.05) is 0 Å². The average molecular weight is 235 g/mol. The van der Waals surface area contributed by atoms with Crippen LogP contribution in [0.1, 0.15) is 37.0 Å². The highest BCUT2D eigenvalue weighted by Crippen LogP contribution is 2.26. The molecule has 17 heavy (non-hydrogen) atoms. The highest BCUT2D eigenvalue weighted by Gasteiger charge is 2.28. The largest absolute Gasteiger partial charge is 0.481 e. The third kappa shape index (κ3) is 3.30. The quantitative estimate of drug-likeness (QED) is 0.824. The molecule has 2 N–H and O–H groups in total. The first kappa shape index (κ1) is 13.7. The van der Waals surface area contributed by atoms with Crippen molar-refractivity contribution in [3.05, 3.63) is 34.9 Å². The first-order chi connectivity index (χ1) is 7.89. The zero-order chi connectivity index (χ0) is 13.1. The van der Waals surface area contributed by atoms with Gasteiger partial charge in [-0.15, -0.1) is 0 Å². The summed E-state index contributed by atoms with van der Waals surface area (Å²) >= 11 is 0. The Bertz CT molecular complexity index is 415. The highest BCUT2D eigenvalue weighted by atomic mass is 16.4. The van der Waals surface area contributed by atoms with Crippen LogP contribution in [0.15, 0.2) is 18.2 Å². The topological polar surface area (TPSA) is 49.3 Å². The number of hydrogen-bond donors (Lipinski definition) is 2. The molecule has 0 fully saturated rings. The maximum Gasteiger partial charge on any atom is 0.305 e. The van der Waals surface area contributed by atoms with Crippen LogP contribution in [0.2, 0.25) is 0 Å². The Labute approximate surface area is 103 Å². The van der Waals surface area contributed by atoms with E-state index in [-0.39, 0.29) is 6.42 Å². The lowest BCUT2D eigenvalue weighted by Crippen LogP contribution is -2.41. The highest BCUT2D eigenvalue weighted by molar-refractivity contribution is 5.69. The number of benzene rings is 1. The predicted octanol–water partition coefficient (Wildman–Crippen LogP) is 2.60. The van der Waals surface area contributed by atoms with E-state index in [2.05, 4.69) is 18.3 Å². The van der Waals surface area contributed by atoms with Gasteiger partial charge in [-0.3, -0.25) is 4.79 Å². The molecule has 0 aliphatic rings. The van der Waals surface area contributed by atoms with Crippen LogP contribution in [0, 0.1) is 13.8 Å². The Kier molecular flexibility index (Phi) is 4.29. The van der Waals surface area contributed by atoms with Crippen LogP contribution in [0.4, 0.5) is 0 Å². The van der Waals surface area contributed by atoms with Gasteiger partial charge in [-0.1, -0.05) is 25.1 Å². The molecule has 0 amide bonds. The molecule has 94 valence electrons. The Morgan fingerprint density at radius 1 is 1.35 bits per heavy atom. The minimum atomic E-state index is -0.785. The van der Waals surface area contributed by atoms with Crippen molar-refractivity contribution in [2.75, 3.05) is 6.54 Å². The van der Waals surface area contributed by atoms with Crippen molar-refractivity contribution in [1.29, 1.82) is 0 Å². The molecule has 1 unspecified atom stereocenters. The van der Waals surface area contributed by atoms with E-state index in [1.54, 1.807) is 0 Å². The van der Waals surface area contributed by atoms with Gasteiger partial charge >= 0.3 is 5.97 Å². The van der Waals surface area contributed by atoms with Gasteiger partial charge in [0.1, 0.15) is 0 Å². The van der Waals surface area contributed by atoms with Crippen LogP contribution in [-0.2, 0) is 10.3 Å². The van der Waals surface area contributed by atoms with Crippen molar-refractivity contribution < 1.29 is 9.90 Å². The van der Waals surface area contributed by atoms with Gasteiger partial charge in [0.2, 0.25) is 0 Å². The van der Waals surface area contributed by atoms with Crippen LogP contribution >= 0.6 is 0 Å². The van der Waals surface area contributed by atoms with Crippen LogP contribution in [0.3, 0.4) is 0 Å². The second-order valence-corrected chi connectivity index (χ2v) is 4.73.